The topological polar surface area (TPSA) is 29.5 Å². The van der Waals surface area contributed by atoms with Crippen LogP contribution in [0.5, 0.6) is 11.5 Å². The van der Waals surface area contributed by atoms with Crippen LogP contribution in [-0.4, -0.2) is 10.7 Å². The zero-order chi connectivity index (χ0) is 12.5. The van der Waals surface area contributed by atoms with Crippen LogP contribution in [0.15, 0.2) is 12.1 Å². The molecule has 0 atom stereocenters. The van der Waals surface area contributed by atoms with Crippen molar-refractivity contribution in [2.24, 2.45) is 0 Å². The van der Waals surface area contributed by atoms with Crippen LogP contribution in [0.2, 0.25) is 0 Å². The van der Waals surface area contributed by atoms with E-state index in [2.05, 4.69) is 13.8 Å². The lowest BCUT2D eigenvalue weighted by Crippen LogP contribution is -2.23. The lowest BCUT2D eigenvalue weighted by Gasteiger charge is -2.24. The Labute approximate surface area is 98.3 Å². The Morgan fingerprint density at radius 3 is 2.19 bits per heavy atom. The Balaban J connectivity index is 3.15. The van der Waals surface area contributed by atoms with Crippen LogP contribution in [0.3, 0.4) is 0 Å². The van der Waals surface area contributed by atoms with Gasteiger partial charge < -0.3 is 9.84 Å². The van der Waals surface area contributed by atoms with Crippen molar-refractivity contribution in [3.8, 4) is 11.5 Å². The molecule has 1 N–H and O–H groups in total. The van der Waals surface area contributed by atoms with Gasteiger partial charge >= 0.3 is 0 Å². The first-order valence-corrected chi connectivity index (χ1v) is 5.73. The molecular weight excluding hydrogens is 200 g/mol. The van der Waals surface area contributed by atoms with E-state index < -0.39 is 0 Å². The zero-order valence-electron chi connectivity index (χ0n) is 11.1. The number of hydrogen-bond acceptors (Lipinski definition) is 2. The number of phenols is 1. The summed E-state index contributed by atoms with van der Waals surface area (Å²) in [6.45, 7) is 12.1. The van der Waals surface area contributed by atoms with E-state index in [1.165, 1.54) is 0 Å². The molecular formula is C14H22O2. The van der Waals surface area contributed by atoms with E-state index in [4.69, 9.17) is 4.74 Å². The predicted molar refractivity (Wildman–Crippen MR) is 67.3 cm³/mol. The van der Waals surface area contributed by atoms with Gasteiger partial charge in [-0.05, 0) is 51.3 Å². The Kier molecular flexibility index (Phi) is 3.51. The van der Waals surface area contributed by atoms with Crippen molar-refractivity contribution in [3.63, 3.8) is 0 Å². The lowest BCUT2D eigenvalue weighted by molar-refractivity contribution is 0.129. The fourth-order valence-corrected chi connectivity index (χ4v) is 1.59. The third kappa shape index (κ3) is 3.16. The molecule has 1 aromatic rings. The molecule has 0 aliphatic rings. The molecule has 0 bridgehead atoms. The van der Waals surface area contributed by atoms with E-state index in [-0.39, 0.29) is 5.60 Å². The van der Waals surface area contributed by atoms with E-state index in [9.17, 15) is 5.11 Å². The van der Waals surface area contributed by atoms with Crippen LogP contribution in [-0.2, 0) is 0 Å². The summed E-state index contributed by atoms with van der Waals surface area (Å²) < 4.78 is 5.87. The van der Waals surface area contributed by atoms with Gasteiger partial charge in [-0.1, -0.05) is 13.8 Å². The predicted octanol–water partition coefficient (Wildman–Crippen LogP) is 4.00. The van der Waals surface area contributed by atoms with Gasteiger partial charge in [0, 0.05) is 5.56 Å². The Bertz CT molecular complexity index is 373. The van der Waals surface area contributed by atoms with Gasteiger partial charge in [0.1, 0.15) is 17.1 Å². The van der Waals surface area contributed by atoms with E-state index in [1.54, 1.807) is 6.07 Å². The van der Waals surface area contributed by atoms with Gasteiger partial charge in [0.25, 0.3) is 0 Å². The molecule has 0 fully saturated rings. The first kappa shape index (κ1) is 12.9. The zero-order valence-corrected chi connectivity index (χ0v) is 11.1. The number of phenolic OH excluding ortho intramolecular Hbond substituents is 1. The average molecular weight is 222 g/mol. The van der Waals surface area contributed by atoms with Crippen molar-refractivity contribution in [1.82, 2.24) is 0 Å². The molecule has 2 nitrogen and oxygen atoms in total. The smallest absolute Gasteiger partial charge is 0.123 e. The standard InChI is InChI=1S/C14H22O2/c1-9(2)11-8-13(16-14(4,5)6)10(3)7-12(11)15/h7-9,15H,1-6H3. The maximum atomic E-state index is 9.83. The minimum Gasteiger partial charge on any atom is -0.508 e. The van der Waals surface area contributed by atoms with Gasteiger partial charge in [-0.25, -0.2) is 0 Å². The number of aryl methyl sites for hydroxylation is 1. The number of benzene rings is 1. The maximum absolute atomic E-state index is 9.83. The van der Waals surface area contributed by atoms with Gasteiger partial charge in [-0.15, -0.1) is 0 Å². The quantitative estimate of drug-likeness (QED) is 0.819. The van der Waals surface area contributed by atoms with Crippen LogP contribution in [0.25, 0.3) is 0 Å². The summed E-state index contributed by atoms with van der Waals surface area (Å²) >= 11 is 0. The van der Waals surface area contributed by atoms with Crippen molar-refractivity contribution < 1.29 is 9.84 Å². The molecule has 1 rings (SSSR count). The van der Waals surface area contributed by atoms with Crippen molar-refractivity contribution in [1.29, 1.82) is 0 Å². The molecule has 90 valence electrons. The third-order valence-electron chi connectivity index (χ3n) is 2.36. The van der Waals surface area contributed by atoms with Crippen LogP contribution in [0, 0.1) is 6.92 Å². The van der Waals surface area contributed by atoms with E-state index in [0.29, 0.717) is 11.7 Å². The molecule has 0 heterocycles. The molecule has 0 saturated carbocycles. The highest BCUT2D eigenvalue weighted by molar-refractivity contribution is 5.46. The largest absolute Gasteiger partial charge is 0.508 e. The van der Waals surface area contributed by atoms with Gasteiger partial charge in [0.2, 0.25) is 0 Å². The van der Waals surface area contributed by atoms with Crippen molar-refractivity contribution in [2.45, 2.75) is 53.1 Å². The van der Waals surface area contributed by atoms with E-state index in [0.717, 1.165) is 16.9 Å². The summed E-state index contributed by atoms with van der Waals surface area (Å²) in [5.74, 6) is 1.51. The van der Waals surface area contributed by atoms with Gasteiger partial charge in [-0.3, -0.25) is 0 Å². The minimum absolute atomic E-state index is 0.212. The third-order valence-corrected chi connectivity index (χ3v) is 2.36. The van der Waals surface area contributed by atoms with Gasteiger partial charge in [-0.2, -0.15) is 0 Å². The minimum atomic E-state index is -0.212. The molecule has 0 saturated heterocycles. The monoisotopic (exact) mass is 222 g/mol. The second kappa shape index (κ2) is 4.36. The number of ether oxygens (including phenoxy) is 1. The fraction of sp³-hybridized carbons (Fsp3) is 0.571. The highest BCUT2D eigenvalue weighted by atomic mass is 16.5. The summed E-state index contributed by atoms with van der Waals surface area (Å²) in [4.78, 5) is 0. The lowest BCUT2D eigenvalue weighted by atomic mass is 9.99. The molecule has 16 heavy (non-hydrogen) atoms. The highest BCUT2D eigenvalue weighted by Gasteiger charge is 2.16. The second-order valence-electron chi connectivity index (χ2n) is 5.55. The summed E-state index contributed by atoms with van der Waals surface area (Å²) in [6, 6.07) is 3.72. The van der Waals surface area contributed by atoms with Gasteiger partial charge in [0.15, 0.2) is 0 Å². The van der Waals surface area contributed by atoms with Crippen LogP contribution >= 0.6 is 0 Å². The summed E-state index contributed by atoms with van der Waals surface area (Å²) in [5, 5.41) is 9.83. The SMILES string of the molecule is Cc1cc(O)c(C(C)C)cc1OC(C)(C)C. The molecule has 0 aliphatic carbocycles. The molecule has 2 heteroatoms. The normalized spacial score (nSPS) is 11.9. The number of hydrogen-bond donors (Lipinski definition) is 1. The Morgan fingerprint density at radius 2 is 1.75 bits per heavy atom. The van der Waals surface area contributed by atoms with E-state index in [1.807, 2.05) is 33.8 Å². The number of aromatic hydroxyl groups is 1. The first-order chi connectivity index (χ1) is 7.20. The molecule has 0 spiro atoms. The highest BCUT2D eigenvalue weighted by Crippen LogP contribution is 2.33. The molecule has 0 amide bonds. The number of rotatable bonds is 2. The molecule has 1 aromatic carbocycles. The molecule has 0 aliphatic heterocycles. The Hall–Kier alpha value is -1.18. The average Bonchev–Trinajstić information content (AvgIpc) is 2.07. The summed E-state index contributed by atoms with van der Waals surface area (Å²) in [5.41, 5.74) is 1.69. The molecule has 0 radical (unpaired) electrons. The van der Waals surface area contributed by atoms with Gasteiger partial charge in [0.05, 0.1) is 0 Å². The summed E-state index contributed by atoms with van der Waals surface area (Å²) in [7, 11) is 0. The fourth-order valence-electron chi connectivity index (χ4n) is 1.59. The second-order valence-corrected chi connectivity index (χ2v) is 5.55. The van der Waals surface area contributed by atoms with Crippen molar-refractivity contribution >= 4 is 0 Å². The molecule has 0 aromatic heterocycles. The van der Waals surface area contributed by atoms with Crippen molar-refractivity contribution in [3.05, 3.63) is 23.3 Å². The summed E-state index contributed by atoms with van der Waals surface area (Å²) in [6.07, 6.45) is 0. The van der Waals surface area contributed by atoms with Crippen LogP contribution < -0.4 is 4.74 Å². The Morgan fingerprint density at radius 1 is 1.19 bits per heavy atom. The van der Waals surface area contributed by atoms with Crippen LogP contribution in [0.4, 0.5) is 0 Å². The maximum Gasteiger partial charge on any atom is 0.123 e. The molecule has 0 unspecified atom stereocenters. The van der Waals surface area contributed by atoms with E-state index >= 15 is 0 Å². The van der Waals surface area contributed by atoms with Crippen molar-refractivity contribution in [2.75, 3.05) is 0 Å². The first-order valence-electron chi connectivity index (χ1n) is 5.73. The van der Waals surface area contributed by atoms with Crippen LogP contribution in [0.1, 0.15) is 51.7 Å².